The van der Waals surface area contributed by atoms with Gasteiger partial charge in [-0.05, 0) is 50.3 Å². The molecule has 1 aromatic heterocycles. The summed E-state index contributed by atoms with van der Waals surface area (Å²) in [6.07, 6.45) is -1.66. The fraction of sp³-hybridized carbons (Fsp3) is 0.583. The van der Waals surface area contributed by atoms with Crippen LogP contribution in [-0.4, -0.2) is 70.5 Å². The third-order valence-electron chi connectivity index (χ3n) is 7.10. The summed E-state index contributed by atoms with van der Waals surface area (Å²) in [5.74, 6) is -1.25. The van der Waals surface area contributed by atoms with Gasteiger partial charge in [-0.2, -0.15) is 13.2 Å². The summed E-state index contributed by atoms with van der Waals surface area (Å²) in [6.45, 7) is 3.57. The first-order valence-electron chi connectivity index (χ1n) is 11.8. The quantitative estimate of drug-likeness (QED) is 0.644. The number of fused-ring (bicyclic) bond motifs is 1. The number of benzene rings is 1. The molecule has 2 aliphatic rings. The molecule has 0 spiro atoms. The van der Waals surface area contributed by atoms with Gasteiger partial charge in [0.05, 0.1) is 5.52 Å². The van der Waals surface area contributed by atoms with Crippen LogP contribution >= 0.6 is 0 Å². The van der Waals surface area contributed by atoms with Crippen LogP contribution in [0.3, 0.4) is 0 Å². The maximum Gasteiger partial charge on any atom is 0.410 e. The predicted molar refractivity (Wildman–Crippen MR) is 120 cm³/mol. The largest absolute Gasteiger partial charge is 0.410 e. The van der Waals surface area contributed by atoms with Crippen molar-refractivity contribution in [3.63, 3.8) is 0 Å². The highest BCUT2D eigenvalue weighted by Crippen LogP contribution is 2.32. The Morgan fingerprint density at radius 1 is 1.21 bits per heavy atom. The first-order chi connectivity index (χ1) is 16.1. The fourth-order valence-electron chi connectivity index (χ4n) is 5.25. The van der Waals surface area contributed by atoms with Crippen LogP contribution in [0.5, 0.6) is 0 Å². The third-order valence-corrected chi connectivity index (χ3v) is 7.10. The number of rotatable bonds is 4. The van der Waals surface area contributed by atoms with E-state index in [9.17, 15) is 27.2 Å². The lowest BCUT2D eigenvalue weighted by Gasteiger charge is -2.46. The second-order valence-electron chi connectivity index (χ2n) is 9.32. The molecule has 1 aromatic carbocycles. The van der Waals surface area contributed by atoms with Gasteiger partial charge in [0.15, 0.2) is 0 Å². The van der Waals surface area contributed by atoms with Crippen molar-refractivity contribution < 1.29 is 27.2 Å². The molecule has 186 valence electrons. The molecule has 0 unspecified atom stereocenters. The first-order valence-corrected chi connectivity index (χ1v) is 11.8. The van der Waals surface area contributed by atoms with Gasteiger partial charge in [0.2, 0.25) is 5.91 Å². The number of nitrogens with zero attached hydrogens (tertiary/aromatic N) is 2. The monoisotopic (exact) mass is 482 g/mol. The van der Waals surface area contributed by atoms with Gasteiger partial charge < -0.3 is 15.2 Å². The van der Waals surface area contributed by atoms with E-state index in [0.29, 0.717) is 23.9 Å². The Bertz CT molecular complexity index is 1030. The molecule has 2 N–H and O–H groups in total. The van der Waals surface area contributed by atoms with Crippen LogP contribution < -0.4 is 5.32 Å². The number of alkyl halides is 3. The van der Waals surface area contributed by atoms with Gasteiger partial charge in [0, 0.05) is 43.5 Å². The SMILES string of the molecule is CCC(=O)N1CCN([C@@H]2CCC[C@@H](NC(=O)c3cc4c(F)ccc(C)c4[nH]3)C2)C[C@H]1C(F)(F)F. The molecule has 34 heavy (non-hydrogen) atoms. The van der Waals surface area contributed by atoms with Crippen molar-refractivity contribution in [2.45, 2.75) is 70.3 Å². The van der Waals surface area contributed by atoms with Gasteiger partial charge in [-0.1, -0.05) is 13.0 Å². The van der Waals surface area contributed by atoms with Gasteiger partial charge in [-0.25, -0.2) is 4.39 Å². The number of carbonyl (C=O) groups excluding carboxylic acids is 2. The summed E-state index contributed by atoms with van der Waals surface area (Å²) < 4.78 is 55.2. The van der Waals surface area contributed by atoms with E-state index < -0.39 is 23.9 Å². The number of amides is 2. The van der Waals surface area contributed by atoms with Crippen molar-refractivity contribution in [3.05, 3.63) is 35.3 Å². The highest BCUT2D eigenvalue weighted by atomic mass is 19.4. The maximum absolute atomic E-state index is 14.1. The minimum atomic E-state index is -4.49. The number of carbonyl (C=O) groups is 2. The summed E-state index contributed by atoms with van der Waals surface area (Å²) >= 11 is 0. The molecule has 4 rings (SSSR count). The molecule has 1 saturated carbocycles. The molecular formula is C24H30F4N4O2. The second-order valence-corrected chi connectivity index (χ2v) is 9.32. The highest BCUT2D eigenvalue weighted by Gasteiger charge is 2.49. The van der Waals surface area contributed by atoms with Crippen molar-refractivity contribution in [2.24, 2.45) is 0 Å². The molecule has 6 nitrogen and oxygen atoms in total. The topological polar surface area (TPSA) is 68.4 Å². The number of H-pyrrole nitrogens is 1. The zero-order valence-corrected chi connectivity index (χ0v) is 19.3. The maximum atomic E-state index is 14.1. The number of nitrogens with one attached hydrogen (secondary N) is 2. The van der Waals surface area contributed by atoms with Crippen LogP contribution in [0.2, 0.25) is 0 Å². The summed E-state index contributed by atoms with van der Waals surface area (Å²) in [5, 5.41) is 3.33. The number of aromatic nitrogens is 1. The van der Waals surface area contributed by atoms with E-state index in [1.54, 1.807) is 13.0 Å². The van der Waals surface area contributed by atoms with Crippen LogP contribution in [0.25, 0.3) is 10.9 Å². The van der Waals surface area contributed by atoms with Crippen molar-refractivity contribution >= 4 is 22.7 Å². The molecule has 1 aliphatic heterocycles. The van der Waals surface area contributed by atoms with Crippen LogP contribution in [0.1, 0.15) is 55.1 Å². The standard InChI is InChI=1S/C24H30F4N4O2/c1-3-21(33)32-10-9-31(13-20(32)24(26,27)28)16-6-4-5-15(11-16)29-23(34)19-12-17-18(25)8-7-14(2)22(17)30-19/h7-8,12,15-16,20,30H,3-6,9-11,13H2,1-2H3,(H,29,34)/t15-,16-,20+/m1/s1. The molecule has 0 radical (unpaired) electrons. The number of piperazine rings is 1. The molecule has 1 aliphatic carbocycles. The molecule has 3 atom stereocenters. The van der Waals surface area contributed by atoms with E-state index >= 15 is 0 Å². The average molecular weight is 483 g/mol. The van der Waals surface area contributed by atoms with Crippen LogP contribution in [0, 0.1) is 12.7 Å². The Morgan fingerprint density at radius 3 is 2.65 bits per heavy atom. The van der Waals surface area contributed by atoms with Crippen molar-refractivity contribution in [1.29, 1.82) is 0 Å². The number of aryl methyl sites for hydroxylation is 1. The zero-order chi connectivity index (χ0) is 24.6. The van der Waals surface area contributed by atoms with Crippen molar-refractivity contribution in [2.75, 3.05) is 19.6 Å². The summed E-state index contributed by atoms with van der Waals surface area (Å²) in [7, 11) is 0. The van der Waals surface area contributed by atoms with Crippen LogP contribution in [0.4, 0.5) is 17.6 Å². The summed E-state index contributed by atoms with van der Waals surface area (Å²) in [5.41, 5.74) is 1.66. The van der Waals surface area contributed by atoms with Gasteiger partial charge in [0.25, 0.3) is 5.91 Å². The third kappa shape index (κ3) is 4.92. The Morgan fingerprint density at radius 2 is 1.97 bits per heavy atom. The smallest absolute Gasteiger partial charge is 0.350 e. The van der Waals surface area contributed by atoms with E-state index in [1.165, 1.54) is 12.1 Å². The zero-order valence-electron chi connectivity index (χ0n) is 19.3. The Hall–Kier alpha value is -2.62. The molecule has 2 fully saturated rings. The van der Waals surface area contributed by atoms with E-state index in [-0.39, 0.29) is 43.2 Å². The number of aromatic amines is 1. The van der Waals surface area contributed by atoms with Gasteiger partial charge in [-0.15, -0.1) is 0 Å². The number of hydrogen-bond donors (Lipinski definition) is 2. The molecular weight excluding hydrogens is 452 g/mol. The fourth-order valence-corrected chi connectivity index (χ4v) is 5.25. The van der Waals surface area contributed by atoms with E-state index in [1.807, 2.05) is 11.8 Å². The minimum Gasteiger partial charge on any atom is -0.350 e. The lowest BCUT2D eigenvalue weighted by atomic mass is 9.89. The summed E-state index contributed by atoms with van der Waals surface area (Å²) in [6, 6.07) is 2.39. The molecule has 10 heteroatoms. The van der Waals surface area contributed by atoms with E-state index in [4.69, 9.17) is 0 Å². The van der Waals surface area contributed by atoms with E-state index in [0.717, 1.165) is 29.7 Å². The summed E-state index contributed by atoms with van der Waals surface area (Å²) in [4.78, 5) is 30.7. The molecule has 2 aromatic rings. The Kier molecular flexibility index (Phi) is 6.89. The lowest BCUT2D eigenvalue weighted by molar-refractivity contribution is -0.203. The highest BCUT2D eigenvalue weighted by molar-refractivity contribution is 5.99. The van der Waals surface area contributed by atoms with Crippen LogP contribution in [0.15, 0.2) is 18.2 Å². The van der Waals surface area contributed by atoms with Gasteiger partial charge >= 0.3 is 6.18 Å². The van der Waals surface area contributed by atoms with Crippen LogP contribution in [-0.2, 0) is 4.79 Å². The lowest BCUT2D eigenvalue weighted by Crippen LogP contribution is -2.63. The molecule has 1 saturated heterocycles. The molecule has 0 bridgehead atoms. The number of hydrogen-bond acceptors (Lipinski definition) is 3. The van der Waals surface area contributed by atoms with Crippen molar-refractivity contribution in [1.82, 2.24) is 20.1 Å². The Labute approximate surface area is 195 Å². The Balaban J connectivity index is 1.42. The van der Waals surface area contributed by atoms with Gasteiger partial charge in [-0.3, -0.25) is 14.5 Å². The normalized spacial score (nSPS) is 24.4. The van der Waals surface area contributed by atoms with Crippen molar-refractivity contribution in [3.8, 4) is 0 Å². The average Bonchev–Trinajstić information content (AvgIpc) is 3.27. The molecule has 2 heterocycles. The second kappa shape index (κ2) is 9.56. The van der Waals surface area contributed by atoms with Gasteiger partial charge in [0.1, 0.15) is 17.6 Å². The number of halogens is 4. The predicted octanol–water partition coefficient (Wildman–Crippen LogP) is 4.14. The van der Waals surface area contributed by atoms with E-state index in [2.05, 4.69) is 10.3 Å². The first kappa shape index (κ1) is 24.5. The molecule has 2 amide bonds. The minimum absolute atomic E-state index is 0.0429.